The number of aryl methyl sites for hydroxylation is 1. The van der Waals surface area contributed by atoms with Gasteiger partial charge in [0.2, 0.25) is 0 Å². The molecule has 0 aliphatic carbocycles. The lowest BCUT2D eigenvalue weighted by molar-refractivity contribution is -0.0117. The Kier molecular flexibility index (Phi) is 4.97. The predicted molar refractivity (Wildman–Crippen MR) is 70.1 cm³/mol. The van der Waals surface area contributed by atoms with Crippen molar-refractivity contribution in [1.29, 1.82) is 0 Å². The van der Waals surface area contributed by atoms with Gasteiger partial charge in [0, 0.05) is 12.1 Å². The van der Waals surface area contributed by atoms with Crippen LogP contribution >= 0.6 is 0 Å². The minimum atomic E-state index is -0.742. The van der Waals surface area contributed by atoms with Gasteiger partial charge in [-0.1, -0.05) is 32.0 Å². The van der Waals surface area contributed by atoms with Crippen molar-refractivity contribution in [2.24, 2.45) is 5.73 Å². The molecule has 3 N–H and O–H groups in total. The zero-order valence-corrected chi connectivity index (χ0v) is 11.0. The largest absolute Gasteiger partial charge is 0.490 e. The molecule has 1 rings (SSSR count). The van der Waals surface area contributed by atoms with E-state index in [9.17, 15) is 5.11 Å². The van der Waals surface area contributed by atoms with E-state index in [1.807, 2.05) is 39.0 Å². The zero-order valence-electron chi connectivity index (χ0n) is 11.0. The van der Waals surface area contributed by atoms with Gasteiger partial charge in [-0.2, -0.15) is 0 Å². The summed E-state index contributed by atoms with van der Waals surface area (Å²) in [6.07, 6.45) is 1.38. The van der Waals surface area contributed by atoms with Gasteiger partial charge in [0.1, 0.15) is 12.4 Å². The summed E-state index contributed by atoms with van der Waals surface area (Å²) in [6.45, 7) is 6.69. The second-order valence-corrected chi connectivity index (χ2v) is 4.49. The fraction of sp³-hybridized carbons (Fsp3) is 0.571. The normalized spacial score (nSPS) is 11.6. The monoisotopic (exact) mass is 237 g/mol. The van der Waals surface area contributed by atoms with Crippen LogP contribution < -0.4 is 10.5 Å². The predicted octanol–water partition coefficient (Wildman–Crippen LogP) is 2.38. The zero-order chi connectivity index (χ0) is 12.9. The second-order valence-electron chi connectivity index (χ2n) is 4.49. The molecule has 0 atom stereocenters. The summed E-state index contributed by atoms with van der Waals surface area (Å²) in [7, 11) is 0. The summed E-state index contributed by atoms with van der Waals surface area (Å²) < 4.78 is 5.78. The maximum absolute atomic E-state index is 10.2. The first-order chi connectivity index (χ1) is 8.06. The Bertz CT molecular complexity index is 359. The maximum atomic E-state index is 10.2. The van der Waals surface area contributed by atoms with Crippen LogP contribution in [-0.4, -0.2) is 17.3 Å². The lowest BCUT2D eigenvalue weighted by Gasteiger charge is -2.26. The van der Waals surface area contributed by atoms with Gasteiger partial charge < -0.3 is 15.6 Å². The number of benzene rings is 1. The summed E-state index contributed by atoms with van der Waals surface area (Å²) in [4.78, 5) is 0. The highest BCUT2D eigenvalue weighted by Gasteiger charge is 2.23. The molecule has 17 heavy (non-hydrogen) atoms. The first-order valence-electron chi connectivity index (χ1n) is 6.20. The van der Waals surface area contributed by atoms with Crippen molar-refractivity contribution in [3.8, 4) is 5.75 Å². The molecule has 96 valence electrons. The first-order valence-corrected chi connectivity index (χ1v) is 6.20. The van der Waals surface area contributed by atoms with Gasteiger partial charge >= 0.3 is 0 Å². The maximum Gasteiger partial charge on any atom is 0.126 e. The van der Waals surface area contributed by atoms with Crippen LogP contribution in [0.1, 0.15) is 37.8 Å². The van der Waals surface area contributed by atoms with Crippen LogP contribution in [0.2, 0.25) is 0 Å². The van der Waals surface area contributed by atoms with Crippen molar-refractivity contribution in [1.82, 2.24) is 0 Å². The molecule has 0 aromatic heterocycles. The van der Waals surface area contributed by atoms with Crippen LogP contribution in [0, 0.1) is 6.92 Å². The highest BCUT2D eigenvalue weighted by molar-refractivity contribution is 5.40. The van der Waals surface area contributed by atoms with Crippen LogP contribution in [0.25, 0.3) is 0 Å². The number of hydrogen-bond acceptors (Lipinski definition) is 3. The second kappa shape index (κ2) is 6.03. The van der Waals surface area contributed by atoms with Gasteiger partial charge in [-0.3, -0.25) is 0 Å². The van der Waals surface area contributed by atoms with E-state index in [0.29, 0.717) is 26.0 Å². The molecule has 0 heterocycles. The fourth-order valence-corrected chi connectivity index (χ4v) is 1.74. The molecule has 0 fully saturated rings. The summed E-state index contributed by atoms with van der Waals surface area (Å²) >= 11 is 0. The Balaban J connectivity index is 2.81. The molecule has 0 amide bonds. The average molecular weight is 237 g/mol. The number of hydrogen-bond donors (Lipinski definition) is 2. The summed E-state index contributed by atoms with van der Waals surface area (Å²) in [5.41, 5.74) is 6.98. The number of ether oxygens (including phenoxy) is 1. The van der Waals surface area contributed by atoms with Gasteiger partial charge in [-0.25, -0.2) is 0 Å². The van der Waals surface area contributed by atoms with E-state index >= 15 is 0 Å². The number of nitrogens with two attached hydrogens (primary N) is 1. The van der Waals surface area contributed by atoms with E-state index < -0.39 is 5.60 Å². The Morgan fingerprint density at radius 2 is 1.94 bits per heavy atom. The minimum absolute atomic E-state index is 0.317. The minimum Gasteiger partial charge on any atom is -0.490 e. The molecule has 3 heteroatoms. The Hall–Kier alpha value is -1.06. The van der Waals surface area contributed by atoms with Gasteiger partial charge in [-0.15, -0.1) is 0 Å². The van der Waals surface area contributed by atoms with Crippen LogP contribution in [0.4, 0.5) is 0 Å². The van der Waals surface area contributed by atoms with Crippen molar-refractivity contribution in [3.05, 3.63) is 29.3 Å². The molecular formula is C14H23NO2. The van der Waals surface area contributed by atoms with Crippen molar-refractivity contribution >= 4 is 0 Å². The molecule has 0 saturated heterocycles. The molecule has 1 aromatic rings. The Morgan fingerprint density at radius 3 is 2.47 bits per heavy atom. The highest BCUT2D eigenvalue weighted by atomic mass is 16.5. The number of rotatable bonds is 6. The van der Waals surface area contributed by atoms with Crippen molar-refractivity contribution < 1.29 is 9.84 Å². The first kappa shape index (κ1) is 14.0. The summed E-state index contributed by atoms with van der Waals surface area (Å²) in [5.74, 6) is 0.815. The van der Waals surface area contributed by atoms with Crippen molar-refractivity contribution in [3.63, 3.8) is 0 Å². The lowest BCUT2D eigenvalue weighted by Crippen LogP contribution is -2.34. The number of para-hydroxylation sites is 1. The third-order valence-corrected chi connectivity index (χ3v) is 3.31. The van der Waals surface area contributed by atoms with E-state index in [1.165, 1.54) is 0 Å². The SMILES string of the molecule is CCC(O)(CC)COc1c(C)cccc1CN. The Labute approximate surface area is 104 Å². The molecule has 0 saturated carbocycles. The van der Waals surface area contributed by atoms with E-state index in [2.05, 4.69) is 0 Å². The quantitative estimate of drug-likeness (QED) is 0.798. The third-order valence-electron chi connectivity index (χ3n) is 3.31. The fourth-order valence-electron chi connectivity index (χ4n) is 1.74. The molecule has 1 aromatic carbocycles. The molecule has 3 nitrogen and oxygen atoms in total. The molecule has 0 aliphatic rings. The Morgan fingerprint density at radius 1 is 1.29 bits per heavy atom. The molecule has 0 radical (unpaired) electrons. The van der Waals surface area contributed by atoms with E-state index in [0.717, 1.165) is 16.9 Å². The van der Waals surface area contributed by atoms with Gasteiger partial charge in [0.15, 0.2) is 0 Å². The van der Waals surface area contributed by atoms with E-state index in [4.69, 9.17) is 10.5 Å². The van der Waals surface area contributed by atoms with Crippen LogP contribution in [-0.2, 0) is 6.54 Å². The topological polar surface area (TPSA) is 55.5 Å². The molecule has 0 aliphatic heterocycles. The van der Waals surface area contributed by atoms with Crippen molar-refractivity contribution in [2.45, 2.75) is 45.8 Å². The standard InChI is InChI=1S/C14H23NO2/c1-4-14(16,5-2)10-17-13-11(3)7-6-8-12(13)9-15/h6-8,16H,4-5,9-10,15H2,1-3H3. The average Bonchev–Trinajstić information content (AvgIpc) is 2.36. The molecular weight excluding hydrogens is 214 g/mol. The molecule has 0 bridgehead atoms. The van der Waals surface area contributed by atoms with Gasteiger partial charge in [-0.05, 0) is 25.3 Å². The summed E-state index contributed by atoms with van der Waals surface area (Å²) in [6, 6.07) is 5.92. The van der Waals surface area contributed by atoms with Gasteiger partial charge in [0.25, 0.3) is 0 Å². The van der Waals surface area contributed by atoms with Crippen molar-refractivity contribution in [2.75, 3.05) is 6.61 Å². The van der Waals surface area contributed by atoms with Crippen LogP contribution in [0.15, 0.2) is 18.2 Å². The van der Waals surface area contributed by atoms with Gasteiger partial charge in [0.05, 0.1) is 5.60 Å². The van der Waals surface area contributed by atoms with Crippen LogP contribution in [0.5, 0.6) is 5.75 Å². The van der Waals surface area contributed by atoms with Crippen LogP contribution in [0.3, 0.4) is 0 Å². The van der Waals surface area contributed by atoms with E-state index in [1.54, 1.807) is 0 Å². The molecule has 0 spiro atoms. The summed E-state index contributed by atoms with van der Waals surface area (Å²) in [5, 5.41) is 10.2. The lowest BCUT2D eigenvalue weighted by atomic mass is 9.99. The molecule has 0 unspecified atom stereocenters. The number of aliphatic hydroxyl groups is 1. The third kappa shape index (κ3) is 3.45. The highest BCUT2D eigenvalue weighted by Crippen LogP contribution is 2.25. The smallest absolute Gasteiger partial charge is 0.126 e. The van der Waals surface area contributed by atoms with E-state index in [-0.39, 0.29) is 0 Å².